The van der Waals surface area contributed by atoms with Gasteiger partial charge in [-0.25, -0.2) is 0 Å². The van der Waals surface area contributed by atoms with Crippen molar-refractivity contribution in [3.8, 4) is 5.75 Å². The maximum atomic E-state index is 12.9. The van der Waals surface area contributed by atoms with Gasteiger partial charge in [0.15, 0.2) is 5.78 Å². The van der Waals surface area contributed by atoms with Crippen LogP contribution in [0.5, 0.6) is 5.75 Å². The number of anilines is 1. The van der Waals surface area contributed by atoms with E-state index in [1.54, 1.807) is 31.4 Å². The number of Topliss-reactive ketones (excluding diaryl/α,β-unsaturated/α-hetero) is 1. The molecule has 5 nitrogen and oxygen atoms in total. The van der Waals surface area contributed by atoms with E-state index < -0.39 is 0 Å². The third-order valence-electron chi connectivity index (χ3n) is 6.02. The summed E-state index contributed by atoms with van der Waals surface area (Å²) in [6.07, 6.45) is 0.154. The van der Waals surface area contributed by atoms with E-state index in [0.29, 0.717) is 34.3 Å². The molecule has 6 heteroatoms. The molecule has 1 N–H and O–H groups in total. The van der Waals surface area contributed by atoms with Crippen LogP contribution in [-0.2, 0) is 11.8 Å². The van der Waals surface area contributed by atoms with Gasteiger partial charge in [0.2, 0.25) is 0 Å². The van der Waals surface area contributed by atoms with Gasteiger partial charge in [0.05, 0.1) is 12.1 Å². The third-order valence-corrected chi connectivity index (χ3v) is 6.35. The highest BCUT2D eigenvalue weighted by molar-refractivity contribution is 6.34. The minimum atomic E-state index is -0.229. The molecule has 0 saturated carbocycles. The van der Waals surface area contributed by atoms with E-state index in [9.17, 15) is 9.59 Å². The smallest absolute Gasteiger partial charge is 0.256 e. The number of nitrogens with zero attached hydrogens (tertiary/aromatic N) is 1. The number of nitrogens with one attached hydrogen (secondary N) is 1. The number of ether oxygens (including phenoxy) is 1. The van der Waals surface area contributed by atoms with Crippen LogP contribution in [0.1, 0.15) is 59.5 Å². The van der Waals surface area contributed by atoms with Crippen LogP contribution in [0, 0.1) is 0 Å². The summed E-state index contributed by atoms with van der Waals surface area (Å²) in [5.74, 6) is 0.702. The fourth-order valence-corrected chi connectivity index (χ4v) is 4.17. The Bertz CT molecular complexity index is 1260. The zero-order chi connectivity index (χ0) is 26.5. The van der Waals surface area contributed by atoms with E-state index >= 15 is 0 Å². The van der Waals surface area contributed by atoms with Gasteiger partial charge in [-0.05, 0) is 48.2 Å². The van der Waals surface area contributed by atoms with Gasteiger partial charge in [-0.1, -0.05) is 69.3 Å². The van der Waals surface area contributed by atoms with E-state index in [4.69, 9.17) is 16.3 Å². The highest BCUT2D eigenvalue weighted by Crippen LogP contribution is 2.29. The number of carbonyl (C=O) groups is 2. The lowest BCUT2D eigenvalue weighted by atomic mass is 9.87. The van der Waals surface area contributed by atoms with Crippen molar-refractivity contribution in [2.75, 3.05) is 18.6 Å². The van der Waals surface area contributed by atoms with Gasteiger partial charge >= 0.3 is 0 Å². The van der Waals surface area contributed by atoms with Crippen molar-refractivity contribution in [2.24, 2.45) is 0 Å². The Kier molecular flexibility index (Phi) is 8.59. The molecule has 36 heavy (non-hydrogen) atoms. The second-order valence-electron chi connectivity index (χ2n) is 9.55. The molecule has 0 aliphatic heterocycles. The second-order valence-corrected chi connectivity index (χ2v) is 9.96. The molecule has 0 radical (unpaired) electrons. The average molecular weight is 505 g/mol. The first-order chi connectivity index (χ1) is 17.0. The van der Waals surface area contributed by atoms with Crippen LogP contribution in [0.2, 0.25) is 5.02 Å². The van der Waals surface area contributed by atoms with Crippen molar-refractivity contribution in [1.82, 2.24) is 5.32 Å². The summed E-state index contributed by atoms with van der Waals surface area (Å²) >= 11 is 6.19. The minimum Gasteiger partial charge on any atom is -0.496 e. The number of rotatable bonds is 9. The number of methoxy groups -OCH3 is 1. The van der Waals surface area contributed by atoms with Crippen LogP contribution < -0.4 is 15.0 Å². The molecule has 0 aliphatic rings. The normalized spacial score (nSPS) is 11.1. The number of benzene rings is 3. The zero-order valence-corrected chi connectivity index (χ0v) is 22.3. The standard InChI is InChI=1S/C30H33ClN2O3/c1-7-33(20(2)32-29(35)21-12-15-23(16-13-21)30(3,4)5)24-17-14-22(28(19-24)36-6)18-27(34)25-10-8-9-11-26(25)31/h8-17,19H,2,7,18H2,1,3-6H3,(H,32,35). The Morgan fingerprint density at radius 1 is 1.03 bits per heavy atom. The predicted octanol–water partition coefficient (Wildman–Crippen LogP) is 6.80. The largest absolute Gasteiger partial charge is 0.496 e. The maximum Gasteiger partial charge on any atom is 0.256 e. The van der Waals surface area contributed by atoms with Crippen molar-refractivity contribution in [2.45, 2.75) is 39.5 Å². The molecule has 0 aromatic heterocycles. The molecule has 3 aromatic rings. The van der Waals surface area contributed by atoms with Crippen LogP contribution in [0.4, 0.5) is 5.69 Å². The lowest BCUT2D eigenvalue weighted by Gasteiger charge is -2.26. The lowest BCUT2D eigenvalue weighted by molar-refractivity contribution is 0.0962. The zero-order valence-electron chi connectivity index (χ0n) is 21.5. The van der Waals surface area contributed by atoms with Crippen LogP contribution >= 0.6 is 11.6 Å². The summed E-state index contributed by atoms with van der Waals surface area (Å²) in [6.45, 7) is 13.0. The number of halogens is 1. The molecule has 0 unspecified atom stereocenters. The van der Waals surface area contributed by atoms with E-state index in [-0.39, 0.29) is 23.5 Å². The molecule has 0 bridgehead atoms. The lowest BCUT2D eigenvalue weighted by Crippen LogP contribution is -2.34. The van der Waals surface area contributed by atoms with Crippen molar-refractivity contribution in [1.29, 1.82) is 0 Å². The SMILES string of the molecule is C=C(NC(=O)c1ccc(C(C)(C)C)cc1)N(CC)c1ccc(CC(=O)c2ccccc2Cl)c(OC)c1. The van der Waals surface area contributed by atoms with Crippen molar-refractivity contribution in [3.05, 3.63) is 106 Å². The molecule has 0 heterocycles. The highest BCUT2D eigenvalue weighted by Gasteiger charge is 2.18. The van der Waals surface area contributed by atoms with Gasteiger partial charge in [0.1, 0.15) is 11.6 Å². The first-order valence-electron chi connectivity index (χ1n) is 11.9. The van der Waals surface area contributed by atoms with E-state index in [2.05, 4.69) is 32.7 Å². The summed E-state index contributed by atoms with van der Waals surface area (Å²) in [7, 11) is 1.57. The van der Waals surface area contributed by atoms with Crippen LogP contribution in [0.15, 0.2) is 79.1 Å². The molecular weight excluding hydrogens is 472 g/mol. The summed E-state index contributed by atoms with van der Waals surface area (Å²) < 4.78 is 5.59. The molecule has 0 aliphatic carbocycles. The molecule has 3 rings (SSSR count). The van der Waals surface area contributed by atoms with Gasteiger partial charge < -0.3 is 15.0 Å². The van der Waals surface area contributed by atoms with Gasteiger partial charge in [0.25, 0.3) is 5.91 Å². The Morgan fingerprint density at radius 3 is 2.28 bits per heavy atom. The molecule has 0 atom stereocenters. The molecule has 1 amide bonds. The van der Waals surface area contributed by atoms with Gasteiger partial charge in [0, 0.05) is 41.4 Å². The summed E-state index contributed by atoms with van der Waals surface area (Å²) in [4.78, 5) is 27.5. The first kappa shape index (κ1) is 27.0. The summed E-state index contributed by atoms with van der Waals surface area (Å²) in [5, 5.41) is 3.33. The second kappa shape index (κ2) is 11.4. The van der Waals surface area contributed by atoms with Crippen molar-refractivity contribution >= 4 is 29.0 Å². The van der Waals surface area contributed by atoms with Crippen molar-refractivity contribution < 1.29 is 14.3 Å². The number of ketones is 1. The number of carbonyl (C=O) groups excluding carboxylic acids is 2. The van der Waals surface area contributed by atoms with E-state index in [1.165, 1.54) is 0 Å². The maximum absolute atomic E-state index is 12.9. The summed E-state index contributed by atoms with van der Waals surface area (Å²) in [5.41, 5.74) is 3.75. The average Bonchev–Trinajstić information content (AvgIpc) is 2.85. The Labute approximate surface area is 218 Å². The van der Waals surface area contributed by atoms with E-state index in [1.807, 2.05) is 54.3 Å². The van der Waals surface area contributed by atoms with Crippen molar-refractivity contribution in [3.63, 3.8) is 0 Å². The van der Waals surface area contributed by atoms with Crippen LogP contribution in [0.3, 0.4) is 0 Å². The molecule has 3 aromatic carbocycles. The number of amides is 1. The molecule has 0 saturated heterocycles. The fourth-order valence-electron chi connectivity index (χ4n) is 3.92. The Balaban J connectivity index is 1.75. The molecule has 0 fully saturated rings. The Morgan fingerprint density at radius 2 is 1.69 bits per heavy atom. The van der Waals surface area contributed by atoms with Gasteiger partial charge in [-0.3, -0.25) is 9.59 Å². The molecule has 0 spiro atoms. The van der Waals surface area contributed by atoms with Gasteiger partial charge in [-0.15, -0.1) is 0 Å². The highest BCUT2D eigenvalue weighted by atomic mass is 35.5. The van der Waals surface area contributed by atoms with Crippen LogP contribution in [0.25, 0.3) is 0 Å². The predicted molar refractivity (Wildman–Crippen MR) is 147 cm³/mol. The topological polar surface area (TPSA) is 58.6 Å². The Hall–Kier alpha value is -3.57. The molecule has 188 valence electrons. The minimum absolute atomic E-state index is 0.0147. The van der Waals surface area contributed by atoms with Crippen LogP contribution in [-0.4, -0.2) is 25.3 Å². The number of hydrogen-bond acceptors (Lipinski definition) is 4. The number of hydrogen-bond donors (Lipinski definition) is 1. The summed E-state index contributed by atoms with van der Waals surface area (Å²) in [6, 6.07) is 20.2. The molecular formula is C30H33ClN2O3. The van der Waals surface area contributed by atoms with E-state index in [0.717, 1.165) is 16.8 Å². The first-order valence-corrected chi connectivity index (χ1v) is 12.3. The van der Waals surface area contributed by atoms with Gasteiger partial charge in [-0.2, -0.15) is 0 Å². The third kappa shape index (κ3) is 6.35. The fraction of sp³-hybridized carbons (Fsp3) is 0.267. The quantitative estimate of drug-likeness (QED) is 0.325. The monoisotopic (exact) mass is 504 g/mol.